The zero-order chi connectivity index (χ0) is 18.8. The molecule has 1 atom stereocenters. The third-order valence-corrected chi connectivity index (χ3v) is 4.27. The summed E-state index contributed by atoms with van der Waals surface area (Å²) in [7, 11) is 0. The van der Waals surface area contributed by atoms with Gasteiger partial charge < -0.3 is 10.2 Å². The Hall–Kier alpha value is -3.54. The number of aromatic nitrogens is 2. The lowest BCUT2D eigenvalue weighted by Crippen LogP contribution is -2.51. The summed E-state index contributed by atoms with van der Waals surface area (Å²) in [6.45, 7) is 2.19. The Kier molecular flexibility index (Phi) is 4.49. The van der Waals surface area contributed by atoms with E-state index in [1.807, 2.05) is 0 Å². The van der Waals surface area contributed by atoms with Crippen LogP contribution in [0.3, 0.4) is 0 Å². The van der Waals surface area contributed by atoms with Crippen LogP contribution in [0.4, 0.5) is 21.0 Å². The number of nitrogens with zero attached hydrogens (tertiary/aromatic N) is 5. The molecule has 0 radical (unpaired) electrons. The van der Waals surface area contributed by atoms with Crippen LogP contribution in [0.25, 0.3) is 11.1 Å². The molecule has 0 saturated carbocycles. The number of hydrogen-bond donors (Lipinski definition) is 2. The van der Waals surface area contributed by atoms with Gasteiger partial charge in [0.2, 0.25) is 0 Å². The lowest BCUT2D eigenvalue weighted by atomic mass is 10.0. The lowest BCUT2D eigenvalue weighted by molar-refractivity contribution is 0.194. The maximum absolute atomic E-state index is 11.6. The minimum Gasteiger partial charge on any atom is -0.465 e. The number of anilines is 2. The Balaban J connectivity index is 2.03. The number of rotatable bonds is 3. The van der Waals surface area contributed by atoms with Crippen molar-refractivity contribution in [1.29, 1.82) is 5.26 Å². The largest absolute Gasteiger partial charge is 0.465 e. The van der Waals surface area contributed by atoms with Gasteiger partial charge in [-0.05, 0) is 24.6 Å². The number of fused-ring (bicyclic) bond motifs is 1. The highest BCUT2D eigenvalue weighted by Crippen LogP contribution is 2.38. The van der Waals surface area contributed by atoms with Gasteiger partial charge >= 0.3 is 12.2 Å². The number of carbonyl (C=O) groups is 2. The van der Waals surface area contributed by atoms with Crippen LogP contribution in [-0.4, -0.2) is 44.8 Å². The third-order valence-electron chi connectivity index (χ3n) is 4.27. The van der Waals surface area contributed by atoms with E-state index >= 15 is 0 Å². The summed E-state index contributed by atoms with van der Waals surface area (Å²) in [4.78, 5) is 25.5. The van der Waals surface area contributed by atoms with E-state index in [1.54, 1.807) is 42.2 Å². The van der Waals surface area contributed by atoms with Gasteiger partial charge in [0.05, 0.1) is 49.2 Å². The van der Waals surface area contributed by atoms with Gasteiger partial charge in [-0.2, -0.15) is 10.4 Å². The maximum atomic E-state index is 11.6. The molecule has 9 heteroatoms. The van der Waals surface area contributed by atoms with Crippen molar-refractivity contribution in [3.63, 3.8) is 0 Å². The molecular weight excluding hydrogens is 338 g/mol. The summed E-state index contributed by atoms with van der Waals surface area (Å²) in [5.41, 5.74) is 2.13. The predicted molar refractivity (Wildman–Crippen MR) is 93.2 cm³/mol. The zero-order valence-corrected chi connectivity index (χ0v) is 14.0. The van der Waals surface area contributed by atoms with Gasteiger partial charge in [0.1, 0.15) is 0 Å². The van der Waals surface area contributed by atoms with Crippen molar-refractivity contribution in [2.24, 2.45) is 0 Å². The standard InChI is InChI=1S/C17H17N5O4/c1-11-9-21(16(23)24)15-7-12(3-4-14(15)22(11)17(25)26)13-8-19-20(10-13)6-2-5-18/h3-4,7-8,10-11H,2,6,9H2,1H3,(H,23,24)(H,25,26)/t11-/m0/s1. The van der Waals surface area contributed by atoms with Crippen molar-refractivity contribution in [1.82, 2.24) is 9.78 Å². The molecule has 0 spiro atoms. The molecule has 1 aromatic carbocycles. The van der Waals surface area contributed by atoms with Crippen molar-refractivity contribution in [3.05, 3.63) is 30.6 Å². The van der Waals surface area contributed by atoms with Crippen LogP contribution in [0.15, 0.2) is 30.6 Å². The van der Waals surface area contributed by atoms with Crippen LogP contribution in [0.2, 0.25) is 0 Å². The van der Waals surface area contributed by atoms with Crippen LogP contribution in [0, 0.1) is 11.3 Å². The van der Waals surface area contributed by atoms with Crippen LogP contribution < -0.4 is 9.80 Å². The van der Waals surface area contributed by atoms with Crippen molar-refractivity contribution in [2.75, 3.05) is 16.3 Å². The van der Waals surface area contributed by atoms with Gasteiger partial charge in [-0.25, -0.2) is 9.59 Å². The first kappa shape index (κ1) is 17.3. The first-order chi connectivity index (χ1) is 12.4. The first-order valence-corrected chi connectivity index (χ1v) is 7.99. The number of nitriles is 1. The summed E-state index contributed by atoms with van der Waals surface area (Å²) in [6, 6.07) is 6.55. The summed E-state index contributed by atoms with van der Waals surface area (Å²) < 4.78 is 1.64. The minimum absolute atomic E-state index is 0.0551. The molecule has 2 heterocycles. The molecule has 0 bridgehead atoms. The zero-order valence-electron chi connectivity index (χ0n) is 14.0. The predicted octanol–water partition coefficient (Wildman–Crippen LogP) is 2.83. The van der Waals surface area contributed by atoms with E-state index in [9.17, 15) is 19.8 Å². The molecule has 1 aliphatic rings. The summed E-state index contributed by atoms with van der Waals surface area (Å²) >= 11 is 0. The fourth-order valence-corrected chi connectivity index (χ4v) is 3.08. The van der Waals surface area contributed by atoms with Crippen molar-refractivity contribution < 1.29 is 19.8 Å². The number of aryl methyl sites for hydroxylation is 1. The maximum Gasteiger partial charge on any atom is 0.412 e. The molecule has 3 rings (SSSR count). The molecule has 0 fully saturated rings. The van der Waals surface area contributed by atoms with Crippen LogP contribution in [0.5, 0.6) is 0 Å². The number of carboxylic acid groups (broad SMARTS) is 2. The molecule has 134 valence electrons. The van der Waals surface area contributed by atoms with E-state index in [4.69, 9.17) is 5.26 Å². The Bertz CT molecular complexity index is 901. The van der Waals surface area contributed by atoms with E-state index in [0.717, 1.165) is 16.0 Å². The smallest absolute Gasteiger partial charge is 0.412 e. The van der Waals surface area contributed by atoms with Gasteiger partial charge in [0, 0.05) is 11.8 Å². The monoisotopic (exact) mass is 355 g/mol. The Morgan fingerprint density at radius 1 is 1.27 bits per heavy atom. The number of benzene rings is 1. The fraction of sp³-hybridized carbons (Fsp3) is 0.294. The molecule has 0 saturated heterocycles. The highest BCUT2D eigenvalue weighted by atomic mass is 16.4. The van der Waals surface area contributed by atoms with E-state index < -0.39 is 18.2 Å². The summed E-state index contributed by atoms with van der Waals surface area (Å²) in [6.07, 6.45) is 1.48. The van der Waals surface area contributed by atoms with Crippen molar-refractivity contribution in [2.45, 2.75) is 25.9 Å². The van der Waals surface area contributed by atoms with Gasteiger partial charge in [-0.3, -0.25) is 14.5 Å². The minimum atomic E-state index is -1.13. The van der Waals surface area contributed by atoms with E-state index in [0.29, 0.717) is 24.3 Å². The van der Waals surface area contributed by atoms with Crippen LogP contribution >= 0.6 is 0 Å². The summed E-state index contributed by atoms with van der Waals surface area (Å²) in [5, 5.41) is 31.8. The van der Waals surface area contributed by atoms with Gasteiger partial charge in [-0.15, -0.1) is 0 Å². The normalized spacial score (nSPS) is 16.1. The van der Waals surface area contributed by atoms with Crippen molar-refractivity contribution in [3.8, 4) is 17.2 Å². The quantitative estimate of drug-likeness (QED) is 0.873. The molecule has 1 aromatic heterocycles. The summed E-state index contributed by atoms with van der Waals surface area (Å²) in [5.74, 6) is 0. The number of hydrogen-bond acceptors (Lipinski definition) is 4. The lowest BCUT2D eigenvalue weighted by Gasteiger charge is -2.38. The Morgan fingerprint density at radius 3 is 2.69 bits per heavy atom. The van der Waals surface area contributed by atoms with Crippen molar-refractivity contribution >= 4 is 23.6 Å². The van der Waals surface area contributed by atoms with Gasteiger partial charge in [-0.1, -0.05) is 6.07 Å². The fourth-order valence-electron chi connectivity index (χ4n) is 3.08. The number of amides is 2. The second-order valence-electron chi connectivity index (χ2n) is 6.00. The topological polar surface area (TPSA) is 123 Å². The molecule has 1 aliphatic heterocycles. The van der Waals surface area contributed by atoms with E-state index in [2.05, 4.69) is 11.2 Å². The van der Waals surface area contributed by atoms with E-state index in [-0.39, 0.29) is 6.54 Å². The van der Waals surface area contributed by atoms with E-state index in [1.165, 1.54) is 4.90 Å². The molecular formula is C17H17N5O4. The van der Waals surface area contributed by atoms with Crippen LogP contribution in [0.1, 0.15) is 13.3 Å². The highest BCUT2D eigenvalue weighted by Gasteiger charge is 2.35. The molecule has 0 aliphatic carbocycles. The molecule has 2 N–H and O–H groups in total. The average Bonchev–Trinajstić information content (AvgIpc) is 3.07. The third kappa shape index (κ3) is 3.04. The SMILES string of the molecule is C[C@H]1CN(C(=O)O)c2cc(-c3cnn(CCC#N)c3)ccc2N1C(=O)O. The molecule has 2 amide bonds. The van der Waals surface area contributed by atoms with Gasteiger partial charge in [0.25, 0.3) is 0 Å². The first-order valence-electron chi connectivity index (χ1n) is 7.99. The Labute approximate surface area is 149 Å². The second-order valence-corrected chi connectivity index (χ2v) is 6.00. The average molecular weight is 355 g/mol. The molecule has 26 heavy (non-hydrogen) atoms. The van der Waals surface area contributed by atoms with Crippen LogP contribution in [-0.2, 0) is 6.54 Å². The second kappa shape index (κ2) is 6.76. The van der Waals surface area contributed by atoms with Gasteiger partial charge in [0.15, 0.2) is 0 Å². The molecule has 0 unspecified atom stereocenters. The Morgan fingerprint density at radius 2 is 2.04 bits per heavy atom. The molecule has 2 aromatic rings. The molecule has 9 nitrogen and oxygen atoms in total. The highest BCUT2D eigenvalue weighted by molar-refractivity contribution is 6.00.